The molecule has 1 aliphatic carbocycles. The molecule has 0 bridgehead atoms. The van der Waals surface area contributed by atoms with Crippen LogP contribution in [0.5, 0.6) is 17.2 Å². The smallest absolute Gasteiger partial charge is 0.203 e. The van der Waals surface area contributed by atoms with Crippen LogP contribution in [0.25, 0.3) is 0 Å². The van der Waals surface area contributed by atoms with E-state index in [4.69, 9.17) is 19.5 Å². The Balaban J connectivity index is 2.14. The van der Waals surface area contributed by atoms with Crippen molar-refractivity contribution in [1.29, 1.82) is 5.26 Å². The molecule has 5 nitrogen and oxygen atoms in total. The third-order valence-corrected chi connectivity index (χ3v) is 3.74. The van der Waals surface area contributed by atoms with E-state index in [9.17, 15) is 0 Å². The lowest BCUT2D eigenvalue weighted by molar-refractivity contribution is 0.324. The molecule has 0 aromatic heterocycles. The van der Waals surface area contributed by atoms with E-state index >= 15 is 0 Å². The quantitative estimate of drug-likeness (QED) is 0.829. The molecule has 1 aromatic rings. The van der Waals surface area contributed by atoms with Crippen LogP contribution in [0.15, 0.2) is 12.1 Å². The van der Waals surface area contributed by atoms with Crippen LogP contribution in [0, 0.1) is 16.7 Å². The fraction of sp³-hybridized carbons (Fsp3) is 0.533. The van der Waals surface area contributed by atoms with Gasteiger partial charge in [-0.2, -0.15) is 5.26 Å². The maximum Gasteiger partial charge on any atom is 0.203 e. The van der Waals surface area contributed by atoms with Crippen molar-refractivity contribution in [3.8, 4) is 23.3 Å². The molecule has 1 fully saturated rings. The van der Waals surface area contributed by atoms with Gasteiger partial charge in [-0.1, -0.05) is 0 Å². The predicted molar refractivity (Wildman–Crippen MR) is 76.5 cm³/mol. The number of anilines is 1. The van der Waals surface area contributed by atoms with E-state index in [1.807, 2.05) is 12.1 Å². The molecule has 1 saturated carbocycles. The number of benzene rings is 1. The Morgan fingerprint density at radius 2 is 1.75 bits per heavy atom. The molecule has 108 valence electrons. The summed E-state index contributed by atoms with van der Waals surface area (Å²) < 4.78 is 15.9. The van der Waals surface area contributed by atoms with E-state index in [1.54, 1.807) is 21.3 Å². The monoisotopic (exact) mass is 276 g/mol. The number of methoxy groups -OCH3 is 3. The maximum absolute atomic E-state index is 8.84. The molecule has 1 aromatic carbocycles. The number of ether oxygens (including phenoxy) is 3. The van der Waals surface area contributed by atoms with Crippen molar-refractivity contribution < 1.29 is 14.2 Å². The number of hydrogen-bond donors (Lipinski definition) is 1. The summed E-state index contributed by atoms with van der Waals surface area (Å²) >= 11 is 0. The molecule has 1 N–H and O–H groups in total. The van der Waals surface area contributed by atoms with Crippen molar-refractivity contribution in [2.24, 2.45) is 5.41 Å². The van der Waals surface area contributed by atoms with Crippen LogP contribution in [0.4, 0.5) is 5.69 Å². The van der Waals surface area contributed by atoms with E-state index < -0.39 is 0 Å². The fourth-order valence-corrected chi connectivity index (χ4v) is 2.23. The first-order valence-electron chi connectivity index (χ1n) is 6.59. The topological polar surface area (TPSA) is 63.5 Å². The molecule has 0 amide bonds. The highest BCUT2D eigenvalue weighted by Gasteiger charge is 2.42. The lowest BCUT2D eigenvalue weighted by Crippen LogP contribution is -2.15. The minimum absolute atomic E-state index is 0.148. The molecular weight excluding hydrogens is 256 g/mol. The van der Waals surface area contributed by atoms with Crippen LogP contribution in [0.3, 0.4) is 0 Å². The van der Waals surface area contributed by atoms with Crippen LogP contribution < -0.4 is 19.5 Å². The first kappa shape index (κ1) is 14.3. The average Bonchev–Trinajstić information content (AvgIpc) is 3.24. The largest absolute Gasteiger partial charge is 0.493 e. The van der Waals surface area contributed by atoms with Crippen molar-refractivity contribution in [2.45, 2.75) is 19.3 Å². The molecule has 0 unspecified atom stereocenters. The van der Waals surface area contributed by atoms with Gasteiger partial charge in [0.25, 0.3) is 0 Å². The highest BCUT2D eigenvalue weighted by atomic mass is 16.5. The summed E-state index contributed by atoms with van der Waals surface area (Å²) in [5.41, 5.74) is 1.05. The minimum Gasteiger partial charge on any atom is -0.493 e. The average molecular weight is 276 g/mol. The van der Waals surface area contributed by atoms with Gasteiger partial charge < -0.3 is 19.5 Å². The van der Waals surface area contributed by atoms with E-state index in [1.165, 1.54) is 0 Å². The minimum atomic E-state index is 0.148. The normalized spacial score (nSPS) is 15.1. The Morgan fingerprint density at radius 3 is 2.15 bits per heavy atom. The van der Waals surface area contributed by atoms with Crippen molar-refractivity contribution in [3.05, 3.63) is 12.1 Å². The van der Waals surface area contributed by atoms with E-state index in [-0.39, 0.29) is 5.41 Å². The zero-order chi connectivity index (χ0) is 14.6. The summed E-state index contributed by atoms with van der Waals surface area (Å²) in [7, 11) is 4.78. The molecule has 2 rings (SSSR count). The Morgan fingerprint density at radius 1 is 1.15 bits per heavy atom. The second kappa shape index (κ2) is 5.91. The van der Waals surface area contributed by atoms with Crippen molar-refractivity contribution in [1.82, 2.24) is 0 Å². The second-order valence-corrected chi connectivity index (χ2v) is 5.10. The molecule has 0 spiro atoms. The number of hydrogen-bond acceptors (Lipinski definition) is 5. The van der Waals surface area contributed by atoms with Crippen molar-refractivity contribution in [2.75, 3.05) is 33.2 Å². The Labute approximate surface area is 119 Å². The highest BCUT2D eigenvalue weighted by Crippen LogP contribution is 2.49. The number of rotatable bonds is 7. The van der Waals surface area contributed by atoms with Crippen LogP contribution in [0.1, 0.15) is 19.3 Å². The second-order valence-electron chi connectivity index (χ2n) is 5.10. The predicted octanol–water partition coefficient (Wildman–Crippen LogP) is 2.82. The molecule has 0 heterocycles. The lowest BCUT2D eigenvalue weighted by atomic mass is 10.0. The summed E-state index contributed by atoms with van der Waals surface area (Å²) in [6, 6.07) is 6.02. The Hall–Kier alpha value is -2.09. The van der Waals surface area contributed by atoms with Gasteiger partial charge in [0.1, 0.15) is 0 Å². The standard InChI is InChI=1S/C15H20N2O3/c1-18-12-8-11(9-13(19-2)14(12)20-3)17-10-15(4-5-15)6-7-16/h8-9,17H,4-6,10H2,1-3H3. The summed E-state index contributed by atoms with van der Waals surface area (Å²) in [5.74, 6) is 1.83. The molecule has 5 heteroatoms. The molecule has 0 saturated heterocycles. The summed E-state index contributed by atoms with van der Waals surface area (Å²) in [4.78, 5) is 0. The third kappa shape index (κ3) is 2.90. The van der Waals surface area contributed by atoms with Gasteiger partial charge in [0.05, 0.1) is 27.4 Å². The van der Waals surface area contributed by atoms with Gasteiger partial charge in [0, 0.05) is 36.2 Å². The first-order valence-corrected chi connectivity index (χ1v) is 6.59. The van der Waals surface area contributed by atoms with Gasteiger partial charge in [0.2, 0.25) is 5.75 Å². The van der Waals surface area contributed by atoms with Crippen LogP contribution in [-0.2, 0) is 0 Å². The number of nitrogens with zero attached hydrogens (tertiary/aromatic N) is 1. The van der Waals surface area contributed by atoms with Crippen molar-refractivity contribution in [3.63, 3.8) is 0 Å². The van der Waals surface area contributed by atoms with Crippen LogP contribution >= 0.6 is 0 Å². The van der Waals surface area contributed by atoms with Crippen LogP contribution in [0.2, 0.25) is 0 Å². The van der Waals surface area contributed by atoms with Gasteiger partial charge in [-0.05, 0) is 12.8 Å². The molecule has 0 atom stereocenters. The first-order chi connectivity index (χ1) is 9.68. The SMILES string of the molecule is COc1cc(NCC2(CC#N)CC2)cc(OC)c1OC. The summed E-state index contributed by atoms with van der Waals surface area (Å²) in [5, 5.41) is 12.2. The summed E-state index contributed by atoms with van der Waals surface area (Å²) in [6.45, 7) is 0.791. The van der Waals surface area contributed by atoms with Crippen LogP contribution in [-0.4, -0.2) is 27.9 Å². The zero-order valence-corrected chi connectivity index (χ0v) is 12.2. The number of nitrogens with one attached hydrogen (secondary N) is 1. The molecule has 0 radical (unpaired) electrons. The highest BCUT2D eigenvalue weighted by molar-refractivity contribution is 5.62. The molecular formula is C15H20N2O3. The van der Waals surface area contributed by atoms with E-state index in [0.29, 0.717) is 23.7 Å². The van der Waals surface area contributed by atoms with Gasteiger partial charge in [-0.15, -0.1) is 0 Å². The van der Waals surface area contributed by atoms with Gasteiger partial charge >= 0.3 is 0 Å². The van der Waals surface area contributed by atoms with E-state index in [2.05, 4.69) is 11.4 Å². The maximum atomic E-state index is 8.84. The van der Waals surface area contributed by atoms with Crippen molar-refractivity contribution >= 4 is 5.69 Å². The summed E-state index contributed by atoms with van der Waals surface area (Å²) in [6.07, 6.45) is 2.82. The fourth-order valence-electron chi connectivity index (χ4n) is 2.23. The lowest BCUT2D eigenvalue weighted by Gasteiger charge is -2.17. The third-order valence-electron chi connectivity index (χ3n) is 3.74. The zero-order valence-electron chi connectivity index (χ0n) is 12.2. The Bertz CT molecular complexity index is 493. The van der Waals surface area contributed by atoms with Gasteiger partial charge in [-0.3, -0.25) is 0 Å². The Kier molecular flexibility index (Phi) is 4.23. The molecule has 1 aliphatic rings. The van der Waals surface area contributed by atoms with Gasteiger partial charge in [0.15, 0.2) is 11.5 Å². The molecule has 0 aliphatic heterocycles. The number of nitriles is 1. The van der Waals surface area contributed by atoms with Gasteiger partial charge in [-0.25, -0.2) is 0 Å². The van der Waals surface area contributed by atoms with E-state index in [0.717, 1.165) is 25.1 Å². The molecule has 20 heavy (non-hydrogen) atoms.